The zero-order valence-electron chi connectivity index (χ0n) is 13.5. The molecule has 126 valence electrons. The third-order valence-corrected chi connectivity index (χ3v) is 4.59. The van der Waals surface area contributed by atoms with Crippen LogP contribution in [0.2, 0.25) is 0 Å². The van der Waals surface area contributed by atoms with Crippen LogP contribution >= 0.6 is 0 Å². The molecule has 0 spiro atoms. The van der Waals surface area contributed by atoms with Gasteiger partial charge >= 0.3 is 0 Å². The van der Waals surface area contributed by atoms with Gasteiger partial charge in [0, 0.05) is 17.9 Å². The number of anilines is 1. The zero-order chi connectivity index (χ0) is 17.2. The van der Waals surface area contributed by atoms with Crippen LogP contribution in [0.4, 0.5) is 5.82 Å². The predicted molar refractivity (Wildman–Crippen MR) is 93.6 cm³/mol. The summed E-state index contributed by atoms with van der Waals surface area (Å²) in [6.45, 7) is 1.93. The van der Waals surface area contributed by atoms with E-state index in [0.29, 0.717) is 23.7 Å². The third-order valence-electron chi connectivity index (χ3n) is 3.61. The Hall–Kier alpha value is -2.48. The largest absolute Gasteiger partial charge is 0.366 e. The van der Waals surface area contributed by atoms with Crippen molar-refractivity contribution in [1.29, 1.82) is 0 Å². The van der Waals surface area contributed by atoms with Crippen molar-refractivity contribution in [1.82, 2.24) is 19.8 Å². The number of nitrogens with zero attached hydrogens (tertiary/aromatic N) is 4. The van der Waals surface area contributed by atoms with E-state index in [0.717, 1.165) is 5.56 Å². The molecular weight excluding hydrogens is 326 g/mol. The van der Waals surface area contributed by atoms with E-state index in [1.165, 1.54) is 6.26 Å². The van der Waals surface area contributed by atoms with Gasteiger partial charge < -0.3 is 5.32 Å². The minimum atomic E-state index is -2.97. The molecule has 1 atom stereocenters. The molecule has 0 aliphatic carbocycles. The predicted octanol–water partition coefficient (Wildman–Crippen LogP) is 2.03. The number of hydrogen-bond donors (Lipinski definition) is 1. The van der Waals surface area contributed by atoms with Gasteiger partial charge in [-0.3, -0.25) is 0 Å². The van der Waals surface area contributed by atoms with E-state index in [4.69, 9.17) is 0 Å². The number of rotatable bonds is 6. The second-order valence-corrected chi connectivity index (χ2v) is 8.10. The first kappa shape index (κ1) is 16.4. The molecule has 24 heavy (non-hydrogen) atoms. The molecule has 3 aromatic rings. The molecular formula is C16H19N5O2S. The van der Waals surface area contributed by atoms with Crippen molar-refractivity contribution in [2.75, 3.05) is 17.3 Å². The summed E-state index contributed by atoms with van der Waals surface area (Å²) in [5, 5.41) is 16.1. The molecule has 0 aliphatic rings. The summed E-state index contributed by atoms with van der Waals surface area (Å²) >= 11 is 0. The molecule has 0 saturated heterocycles. The van der Waals surface area contributed by atoms with Crippen LogP contribution in [-0.2, 0) is 9.84 Å². The Morgan fingerprint density at radius 2 is 1.88 bits per heavy atom. The lowest BCUT2D eigenvalue weighted by atomic mass is 10.2. The summed E-state index contributed by atoms with van der Waals surface area (Å²) in [7, 11) is -2.97. The van der Waals surface area contributed by atoms with Crippen LogP contribution in [0.3, 0.4) is 0 Å². The molecule has 0 radical (unpaired) electrons. The Labute approximate surface area is 140 Å². The van der Waals surface area contributed by atoms with Gasteiger partial charge in [0.15, 0.2) is 11.5 Å². The van der Waals surface area contributed by atoms with E-state index >= 15 is 0 Å². The van der Waals surface area contributed by atoms with Gasteiger partial charge in [0.05, 0.1) is 5.75 Å². The van der Waals surface area contributed by atoms with Gasteiger partial charge in [-0.25, -0.2) is 8.42 Å². The minimum Gasteiger partial charge on any atom is -0.366 e. The summed E-state index contributed by atoms with van der Waals surface area (Å²) in [6.07, 6.45) is 1.76. The highest BCUT2D eigenvalue weighted by atomic mass is 32.2. The van der Waals surface area contributed by atoms with E-state index in [9.17, 15) is 8.42 Å². The topological polar surface area (TPSA) is 89.2 Å². The van der Waals surface area contributed by atoms with E-state index in [2.05, 4.69) is 20.6 Å². The number of hydrogen-bond acceptors (Lipinski definition) is 6. The number of sulfone groups is 1. The average Bonchev–Trinajstić information content (AvgIpc) is 2.96. The van der Waals surface area contributed by atoms with Gasteiger partial charge in [0.1, 0.15) is 15.7 Å². The smallest absolute Gasteiger partial charge is 0.185 e. The van der Waals surface area contributed by atoms with Gasteiger partial charge in [-0.15, -0.1) is 15.3 Å². The van der Waals surface area contributed by atoms with Crippen molar-refractivity contribution >= 4 is 21.3 Å². The maximum atomic E-state index is 11.3. The SMILES string of the molecule is CC(CCS(C)(=O)=O)Nc1ccc2nnc(-c3ccccc3)n2n1. The molecule has 0 amide bonds. The first-order valence-corrected chi connectivity index (χ1v) is 9.70. The van der Waals surface area contributed by atoms with Crippen molar-refractivity contribution in [3.8, 4) is 11.4 Å². The molecule has 1 aromatic carbocycles. The quantitative estimate of drug-likeness (QED) is 0.735. The first-order valence-electron chi connectivity index (χ1n) is 7.64. The summed E-state index contributed by atoms with van der Waals surface area (Å²) < 4.78 is 24.2. The fraction of sp³-hybridized carbons (Fsp3) is 0.312. The third kappa shape index (κ3) is 3.88. The van der Waals surface area contributed by atoms with Crippen molar-refractivity contribution < 1.29 is 8.42 Å². The molecule has 3 rings (SSSR count). The fourth-order valence-electron chi connectivity index (χ4n) is 2.35. The highest BCUT2D eigenvalue weighted by Gasteiger charge is 2.12. The highest BCUT2D eigenvalue weighted by molar-refractivity contribution is 7.90. The molecule has 8 heteroatoms. The Bertz CT molecular complexity index is 938. The van der Waals surface area contributed by atoms with Crippen LogP contribution in [0.25, 0.3) is 17.0 Å². The van der Waals surface area contributed by atoms with Crippen LogP contribution in [-0.4, -0.2) is 46.3 Å². The molecule has 1 N–H and O–H groups in total. The lowest BCUT2D eigenvalue weighted by molar-refractivity contribution is 0.595. The van der Waals surface area contributed by atoms with E-state index < -0.39 is 9.84 Å². The zero-order valence-corrected chi connectivity index (χ0v) is 14.4. The lowest BCUT2D eigenvalue weighted by Gasteiger charge is -2.13. The van der Waals surface area contributed by atoms with E-state index in [1.807, 2.05) is 49.4 Å². The molecule has 0 saturated carbocycles. The number of benzene rings is 1. The number of aromatic nitrogens is 4. The summed E-state index contributed by atoms with van der Waals surface area (Å²) in [5.41, 5.74) is 1.59. The van der Waals surface area contributed by atoms with Gasteiger partial charge in [-0.2, -0.15) is 4.52 Å². The second-order valence-electron chi connectivity index (χ2n) is 5.84. The van der Waals surface area contributed by atoms with Gasteiger partial charge in [0.2, 0.25) is 0 Å². The molecule has 7 nitrogen and oxygen atoms in total. The second kappa shape index (κ2) is 6.56. The maximum Gasteiger partial charge on any atom is 0.185 e. The lowest BCUT2D eigenvalue weighted by Crippen LogP contribution is -2.20. The van der Waals surface area contributed by atoms with Gasteiger partial charge in [0.25, 0.3) is 0 Å². The average molecular weight is 345 g/mol. The monoisotopic (exact) mass is 345 g/mol. The van der Waals surface area contributed by atoms with Crippen LogP contribution in [0.15, 0.2) is 42.5 Å². The van der Waals surface area contributed by atoms with Crippen LogP contribution in [0.1, 0.15) is 13.3 Å². The van der Waals surface area contributed by atoms with Crippen LogP contribution < -0.4 is 5.32 Å². The molecule has 0 bridgehead atoms. The Kier molecular flexibility index (Phi) is 4.48. The van der Waals surface area contributed by atoms with Gasteiger partial charge in [-0.1, -0.05) is 30.3 Å². The Morgan fingerprint density at radius 3 is 2.58 bits per heavy atom. The van der Waals surface area contributed by atoms with Crippen LogP contribution in [0.5, 0.6) is 0 Å². The maximum absolute atomic E-state index is 11.3. The van der Waals surface area contributed by atoms with Crippen molar-refractivity contribution in [3.05, 3.63) is 42.5 Å². The van der Waals surface area contributed by atoms with Crippen LogP contribution in [0, 0.1) is 0 Å². The van der Waals surface area contributed by atoms with E-state index in [-0.39, 0.29) is 11.8 Å². The summed E-state index contributed by atoms with van der Waals surface area (Å²) in [5.74, 6) is 1.46. The van der Waals surface area contributed by atoms with Crippen molar-refractivity contribution in [3.63, 3.8) is 0 Å². The molecule has 0 fully saturated rings. The Balaban J connectivity index is 1.83. The Morgan fingerprint density at radius 1 is 1.12 bits per heavy atom. The summed E-state index contributed by atoms with van der Waals surface area (Å²) in [6, 6.07) is 13.4. The molecule has 0 aliphatic heterocycles. The molecule has 1 unspecified atom stereocenters. The number of fused-ring (bicyclic) bond motifs is 1. The van der Waals surface area contributed by atoms with Crippen molar-refractivity contribution in [2.45, 2.75) is 19.4 Å². The van der Waals surface area contributed by atoms with Crippen molar-refractivity contribution in [2.24, 2.45) is 0 Å². The van der Waals surface area contributed by atoms with E-state index in [1.54, 1.807) is 4.52 Å². The molecule has 2 heterocycles. The fourth-order valence-corrected chi connectivity index (χ4v) is 3.13. The highest BCUT2D eigenvalue weighted by Crippen LogP contribution is 2.18. The standard InChI is InChI=1S/C16H19N5O2S/c1-12(10-11-24(2,22)23)17-14-8-9-15-18-19-16(21(15)20-14)13-6-4-3-5-7-13/h3-9,12H,10-11H2,1-2H3,(H,17,20). The minimum absolute atomic E-state index is 0.0127. The van der Waals surface area contributed by atoms with Gasteiger partial charge in [-0.05, 0) is 25.5 Å². The summed E-state index contributed by atoms with van der Waals surface area (Å²) in [4.78, 5) is 0. The first-order chi connectivity index (χ1) is 11.4. The number of nitrogens with one attached hydrogen (secondary N) is 1. The molecule has 2 aromatic heterocycles. The normalized spacial score (nSPS) is 13.1.